The van der Waals surface area contributed by atoms with E-state index in [1.54, 1.807) is 0 Å². The van der Waals surface area contributed by atoms with E-state index in [1.807, 2.05) is 0 Å². The highest BCUT2D eigenvalue weighted by atomic mass is 16.3. The van der Waals surface area contributed by atoms with Crippen LogP contribution in [-0.4, -0.2) is 49.3 Å². The Morgan fingerprint density at radius 1 is 1.28 bits per heavy atom. The fourth-order valence-electron chi connectivity index (χ4n) is 3.05. The van der Waals surface area contributed by atoms with Gasteiger partial charge in [0.05, 0.1) is 6.61 Å². The van der Waals surface area contributed by atoms with Gasteiger partial charge in [-0.05, 0) is 45.2 Å². The van der Waals surface area contributed by atoms with Gasteiger partial charge in [0, 0.05) is 19.1 Å². The van der Waals surface area contributed by atoms with Crippen molar-refractivity contribution in [3.05, 3.63) is 0 Å². The van der Waals surface area contributed by atoms with Gasteiger partial charge < -0.3 is 15.3 Å². The smallest absolute Gasteiger partial charge is 0.0584 e. The molecule has 1 atom stereocenters. The molecule has 1 fully saturated rings. The average Bonchev–Trinajstić information content (AvgIpc) is 2.39. The zero-order valence-corrected chi connectivity index (χ0v) is 12.5. The second-order valence-electron chi connectivity index (χ2n) is 6.18. The predicted molar refractivity (Wildman–Crippen MR) is 77.9 cm³/mol. The van der Waals surface area contributed by atoms with Gasteiger partial charge in [-0.3, -0.25) is 0 Å². The third-order valence-corrected chi connectivity index (χ3v) is 4.44. The highest BCUT2D eigenvalue weighted by Gasteiger charge is 2.33. The van der Waals surface area contributed by atoms with Crippen LogP contribution in [0.25, 0.3) is 0 Å². The highest BCUT2D eigenvalue weighted by Crippen LogP contribution is 2.36. The molecule has 0 aromatic heterocycles. The summed E-state index contributed by atoms with van der Waals surface area (Å²) in [6, 6.07) is 0.273. The van der Waals surface area contributed by atoms with Crippen LogP contribution in [-0.2, 0) is 0 Å². The van der Waals surface area contributed by atoms with Crippen LogP contribution < -0.4 is 5.32 Å². The second kappa shape index (κ2) is 8.13. The van der Waals surface area contributed by atoms with E-state index in [0.717, 1.165) is 19.6 Å². The lowest BCUT2D eigenvalue weighted by Crippen LogP contribution is -2.47. The lowest BCUT2D eigenvalue weighted by molar-refractivity contribution is 0.0753. The van der Waals surface area contributed by atoms with Crippen LogP contribution in [0.15, 0.2) is 0 Å². The fourth-order valence-corrected chi connectivity index (χ4v) is 3.05. The molecule has 3 heteroatoms. The summed E-state index contributed by atoms with van der Waals surface area (Å²) in [5, 5.41) is 12.9. The summed E-state index contributed by atoms with van der Waals surface area (Å²) in [7, 11) is 2.15. The molecule has 3 nitrogen and oxygen atoms in total. The van der Waals surface area contributed by atoms with E-state index >= 15 is 0 Å². The zero-order chi connectivity index (χ0) is 13.4. The maximum Gasteiger partial charge on any atom is 0.0584 e. The van der Waals surface area contributed by atoms with Gasteiger partial charge in [-0.1, -0.05) is 26.2 Å². The summed E-state index contributed by atoms with van der Waals surface area (Å²) >= 11 is 0. The van der Waals surface area contributed by atoms with E-state index in [0.29, 0.717) is 5.41 Å². The molecule has 2 N–H and O–H groups in total. The van der Waals surface area contributed by atoms with Crippen LogP contribution in [0.1, 0.15) is 52.4 Å². The number of nitrogens with zero attached hydrogens (tertiary/aromatic N) is 1. The molecule has 0 spiro atoms. The molecule has 1 unspecified atom stereocenters. The molecule has 0 saturated heterocycles. The van der Waals surface area contributed by atoms with Gasteiger partial charge in [0.2, 0.25) is 0 Å². The molecular weight excluding hydrogens is 224 g/mol. The Labute approximate surface area is 113 Å². The average molecular weight is 256 g/mol. The van der Waals surface area contributed by atoms with E-state index in [2.05, 4.69) is 31.1 Å². The molecular formula is C15H32N2O. The van der Waals surface area contributed by atoms with E-state index in [-0.39, 0.29) is 12.6 Å². The first-order valence-electron chi connectivity index (χ1n) is 7.65. The van der Waals surface area contributed by atoms with Crippen LogP contribution in [0.3, 0.4) is 0 Å². The Kier molecular flexibility index (Phi) is 7.20. The molecule has 0 aliphatic heterocycles. The predicted octanol–water partition coefficient (Wildman–Crippen LogP) is 2.25. The first-order valence-corrected chi connectivity index (χ1v) is 7.65. The van der Waals surface area contributed by atoms with Crippen molar-refractivity contribution in [3.8, 4) is 0 Å². The van der Waals surface area contributed by atoms with E-state index in [9.17, 15) is 5.11 Å². The van der Waals surface area contributed by atoms with Gasteiger partial charge in [-0.2, -0.15) is 0 Å². The van der Waals surface area contributed by atoms with Gasteiger partial charge in [0.15, 0.2) is 0 Å². The number of aliphatic hydroxyl groups excluding tert-OH is 1. The first-order chi connectivity index (χ1) is 8.63. The van der Waals surface area contributed by atoms with Crippen LogP contribution >= 0.6 is 0 Å². The summed E-state index contributed by atoms with van der Waals surface area (Å²) in [4.78, 5) is 2.33. The fraction of sp³-hybridized carbons (Fsp3) is 1.00. The van der Waals surface area contributed by atoms with Crippen LogP contribution in [0, 0.1) is 5.41 Å². The number of rotatable bonds is 8. The molecule has 0 heterocycles. The molecule has 0 aromatic carbocycles. The summed E-state index contributed by atoms with van der Waals surface area (Å²) in [5.74, 6) is 0. The molecule has 0 radical (unpaired) electrons. The molecule has 0 amide bonds. The Morgan fingerprint density at radius 2 is 1.94 bits per heavy atom. The summed E-state index contributed by atoms with van der Waals surface area (Å²) in [5.41, 5.74) is 0.436. The number of hydrogen-bond acceptors (Lipinski definition) is 3. The largest absolute Gasteiger partial charge is 0.395 e. The highest BCUT2D eigenvalue weighted by molar-refractivity contribution is 4.88. The third-order valence-electron chi connectivity index (χ3n) is 4.44. The standard InChI is InChI=1S/C15H32N2O/c1-4-10-16-12-15(8-6-5-7-9-15)13-17(3)14(2)11-18/h14,16,18H,4-13H2,1-3H3. The number of likely N-dealkylation sites (N-methyl/N-ethyl adjacent to an activating group) is 1. The Bertz CT molecular complexity index is 215. The third kappa shape index (κ3) is 4.87. The van der Waals surface area contributed by atoms with Crippen molar-refractivity contribution in [2.75, 3.05) is 33.3 Å². The minimum absolute atomic E-state index is 0.259. The number of hydrogen-bond donors (Lipinski definition) is 2. The minimum atomic E-state index is 0.259. The molecule has 18 heavy (non-hydrogen) atoms. The first kappa shape index (κ1) is 15.9. The lowest BCUT2D eigenvalue weighted by atomic mass is 9.73. The van der Waals surface area contributed by atoms with Crippen molar-refractivity contribution in [2.45, 2.75) is 58.4 Å². The monoisotopic (exact) mass is 256 g/mol. The quantitative estimate of drug-likeness (QED) is 0.654. The van der Waals surface area contributed by atoms with Gasteiger partial charge in [-0.25, -0.2) is 0 Å². The topological polar surface area (TPSA) is 35.5 Å². The zero-order valence-electron chi connectivity index (χ0n) is 12.5. The summed E-state index contributed by atoms with van der Waals surface area (Å²) in [6.45, 7) is 7.97. The SMILES string of the molecule is CCCNCC1(CN(C)C(C)CO)CCCCC1. The van der Waals surface area contributed by atoms with Crippen molar-refractivity contribution >= 4 is 0 Å². The molecule has 0 aromatic rings. The maximum absolute atomic E-state index is 9.28. The van der Waals surface area contributed by atoms with Crippen LogP contribution in [0.4, 0.5) is 0 Å². The Hall–Kier alpha value is -0.120. The molecule has 1 rings (SSSR count). The number of aliphatic hydroxyl groups is 1. The molecule has 108 valence electrons. The van der Waals surface area contributed by atoms with Crippen molar-refractivity contribution in [3.63, 3.8) is 0 Å². The summed E-state index contributed by atoms with van der Waals surface area (Å²) in [6.07, 6.45) is 8.02. The van der Waals surface area contributed by atoms with Gasteiger partial charge in [-0.15, -0.1) is 0 Å². The Balaban J connectivity index is 2.53. The second-order valence-corrected chi connectivity index (χ2v) is 6.18. The molecule has 1 aliphatic rings. The van der Waals surface area contributed by atoms with Gasteiger partial charge in [0.25, 0.3) is 0 Å². The van der Waals surface area contributed by atoms with Crippen molar-refractivity contribution < 1.29 is 5.11 Å². The summed E-state index contributed by atoms with van der Waals surface area (Å²) < 4.78 is 0. The van der Waals surface area contributed by atoms with Gasteiger partial charge >= 0.3 is 0 Å². The maximum atomic E-state index is 9.28. The normalized spacial score (nSPS) is 21.2. The van der Waals surface area contributed by atoms with Crippen molar-refractivity contribution in [1.82, 2.24) is 10.2 Å². The van der Waals surface area contributed by atoms with Crippen LogP contribution in [0.5, 0.6) is 0 Å². The van der Waals surface area contributed by atoms with Crippen molar-refractivity contribution in [1.29, 1.82) is 0 Å². The van der Waals surface area contributed by atoms with Crippen LogP contribution in [0.2, 0.25) is 0 Å². The van der Waals surface area contributed by atoms with E-state index < -0.39 is 0 Å². The number of nitrogens with one attached hydrogen (secondary N) is 1. The molecule has 1 saturated carbocycles. The Morgan fingerprint density at radius 3 is 2.50 bits per heavy atom. The molecule has 1 aliphatic carbocycles. The van der Waals surface area contributed by atoms with Crippen molar-refractivity contribution in [2.24, 2.45) is 5.41 Å². The van der Waals surface area contributed by atoms with E-state index in [1.165, 1.54) is 38.5 Å². The minimum Gasteiger partial charge on any atom is -0.395 e. The van der Waals surface area contributed by atoms with Gasteiger partial charge in [0.1, 0.15) is 0 Å². The lowest BCUT2D eigenvalue weighted by Gasteiger charge is -2.42. The van der Waals surface area contributed by atoms with E-state index in [4.69, 9.17) is 0 Å². The molecule has 0 bridgehead atoms.